The fourth-order valence-corrected chi connectivity index (χ4v) is 2.77. The molecule has 0 aliphatic rings. The van der Waals surface area contributed by atoms with E-state index in [0.29, 0.717) is 6.42 Å². The summed E-state index contributed by atoms with van der Waals surface area (Å²) in [7, 11) is 0. The van der Waals surface area contributed by atoms with Crippen LogP contribution in [0.2, 0.25) is 0 Å². The molecule has 20 heavy (non-hydrogen) atoms. The molecule has 0 fully saturated rings. The van der Waals surface area contributed by atoms with Crippen LogP contribution in [0.3, 0.4) is 0 Å². The monoisotopic (exact) mass is 268 g/mol. The lowest BCUT2D eigenvalue weighted by molar-refractivity contribution is -0.138. The Bertz CT molecular complexity index is 592. The van der Waals surface area contributed by atoms with E-state index in [2.05, 4.69) is 32.9 Å². The van der Waals surface area contributed by atoms with Crippen molar-refractivity contribution in [1.82, 2.24) is 0 Å². The summed E-state index contributed by atoms with van der Waals surface area (Å²) in [4.78, 5) is 11.6. The van der Waals surface area contributed by atoms with Crippen molar-refractivity contribution in [2.75, 3.05) is 0 Å². The van der Waals surface area contributed by atoms with Crippen molar-refractivity contribution in [1.29, 1.82) is 0 Å². The number of aliphatic carboxylic acids is 1. The number of hydrogen-bond donors (Lipinski definition) is 1. The van der Waals surface area contributed by atoms with Gasteiger partial charge in [0.1, 0.15) is 0 Å². The first-order valence-corrected chi connectivity index (χ1v) is 6.83. The molecule has 0 bridgehead atoms. The second-order valence-corrected chi connectivity index (χ2v) is 5.38. The second kappa shape index (κ2) is 5.91. The molecule has 104 valence electrons. The fraction of sp³-hybridized carbons (Fsp3) is 0.278. The summed E-state index contributed by atoms with van der Waals surface area (Å²) in [6.45, 7) is 6.17. The minimum absolute atomic E-state index is 0.490. The highest BCUT2D eigenvalue weighted by atomic mass is 16.4. The first-order valence-electron chi connectivity index (χ1n) is 6.83. The Balaban J connectivity index is 2.38. The highest BCUT2D eigenvalue weighted by Crippen LogP contribution is 2.26. The van der Waals surface area contributed by atoms with Crippen LogP contribution in [0.1, 0.15) is 33.7 Å². The third-order valence-electron chi connectivity index (χ3n) is 3.75. The van der Waals surface area contributed by atoms with E-state index in [1.165, 1.54) is 16.7 Å². The van der Waals surface area contributed by atoms with Crippen LogP contribution in [0.15, 0.2) is 42.5 Å². The highest BCUT2D eigenvalue weighted by Gasteiger charge is 2.21. The standard InChI is InChI=1S/C18H20O2/c1-12-9-13(2)16(14(3)10-12)11-17(18(19)20)15-7-5-4-6-8-15/h4-10,17H,11H2,1-3H3,(H,19,20). The predicted molar refractivity (Wildman–Crippen MR) is 81.2 cm³/mol. The molecule has 2 nitrogen and oxygen atoms in total. The lowest BCUT2D eigenvalue weighted by atomic mass is 9.87. The van der Waals surface area contributed by atoms with Gasteiger partial charge in [-0.15, -0.1) is 0 Å². The minimum Gasteiger partial charge on any atom is -0.481 e. The van der Waals surface area contributed by atoms with E-state index in [1.807, 2.05) is 30.3 Å². The van der Waals surface area contributed by atoms with Crippen LogP contribution in [-0.2, 0) is 11.2 Å². The third-order valence-corrected chi connectivity index (χ3v) is 3.75. The van der Waals surface area contributed by atoms with E-state index in [0.717, 1.165) is 11.1 Å². The predicted octanol–water partition coefficient (Wildman–Crippen LogP) is 4.02. The van der Waals surface area contributed by atoms with Gasteiger partial charge in [0.2, 0.25) is 0 Å². The molecule has 0 amide bonds. The molecule has 0 radical (unpaired) electrons. The van der Waals surface area contributed by atoms with Gasteiger partial charge >= 0.3 is 5.97 Å². The van der Waals surface area contributed by atoms with Gasteiger partial charge in [-0.2, -0.15) is 0 Å². The van der Waals surface area contributed by atoms with Gasteiger partial charge in [0.25, 0.3) is 0 Å². The number of carbonyl (C=O) groups is 1. The molecule has 1 unspecified atom stereocenters. The van der Waals surface area contributed by atoms with Crippen LogP contribution in [0.4, 0.5) is 0 Å². The van der Waals surface area contributed by atoms with E-state index in [1.54, 1.807) is 0 Å². The maximum absolute atomic E-state index is 11.6. The molecule has 0 spiro atoms. The first kappa shape index (κ1) is 14.3. The average Bonchev–Trinajstić information content (AvgIpc) is 2.38. The molecule has 2 aromatic rings. The number of benzene rings is 2. The summed E-state index contributed by atoms with van der Waals surface area (Å²) in [5.41, 5.74) is 5.57. The van der Waals surface area contributed by atoms with Crippen LogP contribution in [-0.4, -0.2) is 11.1 Å². The Labute approximate surface area is 120 Å². The molecule has 1 N–H and O–H groups in total. The van der Waals surface area contributed by atoms with Gasteiger partial charge in [0.15, 0.2) is 0 Å². The lowest BCUT2D eigenvalue weighted by Gasteiger charge is -2.17. The molecule has 0 aliphatic carbocycles. The van der Waals surface area contributed by atoms with E-state index in [9.17, 15) is 9.90 Å². The van der Waals surface area contributed by atoms with Crippen molar-refractivity contribution in [2.24, 2.45) is 0 Å². The van der Waals surface area contributed by atoms with Gasteiger partial charge in [-0.1, -0.05) is 48.0 Å². The molecule has 2 rings (SSSR count). The Hall–Kier alpha value is -2.09. The Morgan fingerprint density at radius 2 is 1.60 bits per heavy atom. The van der Waals surface area contributed by atoms with Gasteiger partial charge in [-0.3, -0.25) is 4.79 Å². The summed E-state index contributed by atoms with van der Waals surface area (Å²) in [6.07, 6.45) is 0.539. The summed E-state index contributed by atoms with van der Waals surface area (Å²) in [5.74, 6) is -1.26. The van der Waals surface area contributed by atoms with E-state index in [-0.39, 0.29) is 0 Å². The number of carboxylic acid groups (broad SMARTS) is 1. The van der Waals surface area contributed by atoms with Crippen LogP contribution in [0.5, 0.6) is 0 Å². The molecule has 0 saturated carbocycles. The van der Waals surface area contributed by atoms with Crippen LogP contribution < -0.4 is 0 Å². The van der Waals surface area contributed by atoms with E-state index >= 15 is 0 Å². The molecule has 2 aromatic carbocycles. The van der Waals surface area contributed by atoms with Gasteiger partial charge < -0.3 is 5.11 Å². The average molecular weight is 268 g/mol. The highest BCUT2D eigenvalue weighted by molar-refractivity contribution is 5.76. The summed E-state index contributed by atoms with van der Waals surface area (Å²) in [5, 5.41) is 9.52. The molecule has 0 saturated heterocycles. The van der Waals surface area contributed by atoms with Crippen LogP contribution >= 0.6 is 0 Å². The normalized spacial score (nSPS) is 12.2. The van der Waals surface area contributed by atoms with Crippen LogP contribution in [0.25, 0.3) is 0 Å². The van der Waals surface area contributed by atoms with Gasteiger partial charge in [0.05, 0.1) is 5.92 Å². The lowest BCUT2D eigenvalue weighted by Crippen LogP contribution is -2.15. The molecular formula is C18H20O2. The second-order valence-electron chi connectivity index (χ2n) is 5.38. The third kappa shape index (κ3) is 3.08. The van der Waals surface area contributed by atoms with Crippen molar-refractivity contribution in [3.8, 4) is 0 Å². The van der Waals surface area contributed by atoms with Crippen LogP contribution in [0, 0.1) is 20.8 Å². The maximum atomic E-state index is 11.6. The quantitative estimate of drug-likeness (QED) is 0.909. The molecule has 1 atom stereocenters. The smallest absolute Gasteiger partial charge is 0.311 e. The van der Waals surface area contributed by atoms with Gasteiger partial charge in [-0.05, 0) is 49.4 Å². The van der Waals surface area contributed by atoms with Crippen molar-refractivity contribution >= 4 is 5.97 Å². The summed E-state index contributed by atoms with van der Waals surface area (Å²) >= 11 is 0. The number of carboxylic acids is 1. The topological polar surface area (TPSA) is 37.3 Å². The number of rotatable bonds is 4. The Morgan fingerprint density at radius 3 is 2.10 bits per heavy atom. The largest absolute Gasteiger partial charge is 0.481 e. The number of aryl methyl sites for hydroxylation is 3. The fourth-order valence-electron chi connectivity index (χ4n) is 2.77. The van der Waals surface area contributed by atoms with Crippen molar-refractivity contribution in [3.05, 3.63) is 70.3 Å². The molecule has 0 heterocycles. The zero-order valence-corrected chi connectivity index (χ0v) is 12.2. The SMILES string of the molecule is Cc1cc(C)c(CC(C(=O)O)c2ccccc2)c(C)c1. The zero-order chi connectivity index (χ0) is 14.7. The van der Waals surface area contributed by atoms with Crippen molar-refractivity contribution < 1.29 is 9.90 Å². The Kier molecular flexibility index (Phi) is 4.23. The first-order chi connectivity index (χ1) is 9.49. The summed E-state index contributed by atoms with van der Waals surface area (Å²) < 4.78 is 0. The zero-order valence-electron chi connectivity index (χ0n) is 12.2. The summed E-state index contributed by atoms with van der Waals surface area (Å²) in [6, 6.07) is 13.7. The van der Waals surface area contributed by atoms with Crippen molar-refractivity contribution in [3.63, 3.8) is 0 Å². The Morgan fingerprint density at radius 1 is 1.05 bits per heavy atom. The van der Waals surface area contributed by atoms with Crippen molar-refractivity contribution in [2.45, 2.75) is 33.1 Å². The number of hydrogen-bond acceptors (Lipinski definition) is 1. The molecular weight excluding hydrogens is 248 g/mol. The van der Waals surface area contributed by atoms with E-state index in [4.69, 9.17) is 0 Å². The van der Waals surface area contributed by atoms with E-state index < -0.39 is 11.9 Å². The molecule has 0 aromatic heterocycles. The molecule has 0 aliphatic heterocycles. The minimum atomic E-state index is -0.768. The molecule has 2 heteroatoms. The van der Waals surface area contributed by atoms with Gasteiger partial charge in [-0.25, -0.2) is 0 Å². The maximum Gasteiger partial charge on any atom is 0.311 e. The van der Waals surface area contributed by atoms with Gasteiger partial charge in [0, 0.05) is 0 Å².